The van der Waals surface area contributed by atoms with Crippen molar-refractivity contribution in [2.45, 2.75) is 31.0 Å². The third-order valence-electron chi connectivity index (χ3n) is 4.36. The van der Waals surface area contributed by atoms with E-state index in [1.165, 1.54) is 4.90 Å². The zero-order valence-corrected chi connectivity index (χ0v) is 14.2. The Bertz CT molecular complexity index is 745. The van der Waals surface area contributed by atoms with Gasteiger partial charge in [0.05, 0.1) is 29.2 Å². The summed E-state index contributed by atoms with van der Waals surface area (Å²) in [7, 11) is 0. The fourth-order valence-corrected chi connectivity index (χ4v) is 4.50. The van der Waals surface area contributed by atoms with Crippen LogP contribution in [-0.4, -0.2) is 54.4 Å². The van der Waals surface area contributed by atoms with Crippen LogP contribution in [0.4, 0.5) is 14.5 Å². The first-order chi connectivity index (χ1) is 11.5. The average Bonchev–Trinajstić information content (AvgIpc) is 2.97. The maximum atomic E-state index is 15.1. The van der Waals surface area contributed by atoms with Crippen LogP contribution < -0.4 is 4.90 Å². The number of amides is 1. The topological polar surface area (TPSA) is 45.1 Å². The van der Waals surface area contributed by atoms with Gasteiger partial charge in [-0.3, -0.25) is 14.7 Å². The normalized spacial score (nSPS) is 26.3. The summed E-state index contributed by atoms with van der Waals surface area (Å²) >= 11 is 1.10. The van der Waals surface area contributed by atoms with E-state index in [9.17, 15) is 9.18 Å². The Morgan fingerprint density at radius 2 is 2.00 bits per heavy atom. The molecule has 3 aliphatic heterocycles. The number of aliphatic imine (C=N–C) groups is 1. The lowest BCUT2D eigenvalue weighted by Crippen LogP contribution is -2.46. The van der Waals surface area contributed by atoms with Crippen LogP contribution in [0.3, 0.4) is 0 Å². The number of carbonyl (C=O) groups is 1. The summed E-state index contributed by atoms with van der Waals surface area (Å²) in [6.45, 7) is 5.52. The number of ether oxygens (including phenoxy) is 1. The molecule has 4 rings (SSSR count). The van der Waals surface area contributed by atoms with E-state index in [0.717, 1.165) is 17.8 Å². The number of carbonyl (C=O) groups excluding carboxylic acids is 1. The molecule has 0 aliphatic carbocycles. The summed E-state index contributed by atoms with van der Waals surface area (Å²) < 4.78 is 35.4. The van der Waals surface area contributed by atoms with E-state index in [4.69, 9.17) is 4.74 Å². The first kappa shape index (κ1) is 15.8. The van der Waals surface area contributed by atoms with Gasteiger partial charge in [0.15, 0.2) is 11.0 Å². The molecule has 0 spiro atoms. The van der Waals surface area contributed by atoms with Crippen molar-refractivity contribution in [3.05, 3.63) is 23.3 Å². The number of hydrogen-bond acceptors (Lipinski definition) is 5. The Kier molecular flexibility index (Phi) is 3.76. The highest BCUT2D eigenvalue weighted by molar-refractivity contribution is 8.14. The van der Waals surface area contributed by atoms with Crippen molar-refractivity contribution in [1.82, 2.24) is 4.90 Å². The van der Waals surface area contributed by atoms with Gasteiger partial charge in [0.1, 0.15) is 11.5 Å². The number of morpholine rings is 1. The molecule has 5 nitrogen and oxygen atoms in total. The largest absolute Gasteiger partial charge is 0.372 e. The molecular formula is C16H17F2N3O2S. The van der Waals surface area contributed by atoms with Crippen LogP contribution in [0, 0.1) is 11.6 Å². The second-order valence-corrected chi connectivity index (χ2v) is 7.26. The SMILES string of the molecule is CC1CN(c2c(F)cc3c(c2F)SC2=NCCN2C3=O)CC(C)O1. The van der Waals surface area contributed by atoms with Gasteiger partial charge in [-0.25, -0.2) is 8.78 Å². The lowest BCUT2D eigenvalue weighted by Gasteiger charge is -2.37. The molecule has 0 radical (unpaired) electrons. The number of benzene rings is 1. The van der Waals surface area contributed by atoms with Crippen molar-refractivity contribution in [3.8, 4) is 0 Å². The molecule has 1 amide bonds. The van der Waals surface area contributed by atoms with Gasteiger partial charge < -0.3 is 9.64 Å². The zero-order chi connectivity index (χ0) is 17.0. The van der Waals surface area contributed by atoms with Crippen molar-refractivity contribution >= 4 is 28.5 Å². The fraction of sp³-hybridized carbons (Fsp3) is 0.500. The number of hydrogen-bond donors (Lipinski definition) is 0. The molecule has 0 bridgehead atoms. The molecular weight excluding hydrogens is 336 g/mol. The minimum absolute atomic E-state index is 0.0777. The molecule has 24 heavy (non-hydrogen) atoms. The third kappa shape index (κ3) is 2.39. The average molecular weight is 353 g/mol. The predicted octanol–water partition coefficient (Wildman–Crippen LogP) is 2.50. The molecule has 0 N–H and O–H groups in total. The lowest BCUT2D eigenvalue weighted by molar-refractivity contribution is -0.00561. The smallest absolute Gasteiger partial charge is 0.261 e. The maximum absolute atomic E-state index is 15.1. The van der Waals surface area contributed by atoms with Crippen LogP contribution >= 0.6 is 11.8 Å². The third-order valence-corrected chi connectivity index (χ3v) is 5.49. The summed E-state index contributed by atoms with van der Waals surface area (Å²) in [4.78, 5) is 20.0. The minimum atomic E-state index is -0.707. The monoisotopic (exact) mass is 353 g/mol. The van der Waals surface area contributed by atoms with Gasteiger partial charge in [0.25, 0.3) is 5.91 Å². The van der Waals surface area contributed by atoms with Crippen LogP contribution in [0.25, 0.3) is 0 Å². The molecule has 3 aliphatic rings. The molecule has 8 heteroatoms. The Balaban J connectivity index is 1.79. The van der Waals surface area contributed by atoms with Gasteiger partial charge in [-0.1, -0.05) is 0 Å². The van der Waals surface area contributed by atoms with Crippen LogP contribution in [0.2, 0.25) is 0 Å². The summed E-state index contributed by atoms with van der Waals surface area (Å²) in [5.74, 6) is -1.77. The van der Waals surface area contributed by atoms with Crippen molar-refractivity contribution < 1.29 is 18.3 Å². The van der Waals surface area contributed by atoms with E-state index < -0.39 is 11.6 Å². The quantitative estimate of drug-likeness (QED) is 0.778. The van der Waals surface area contributed by atoms with E-state index in [-0.39, 0.29) is 34.3 Å². The Hall–Kier alpha value is -1.67. The Labute approximate surface area is 142 Å². The maximum Gasteiger partial charge on any atom is 0.261 e. The highest BCUT2D eigenvalue weighted by Crippen LogP contribution is 2.41. The van der Waals surface area contributed by atoms with Gasteiger partial charge in [-0.15, -0.1) is 0 Å². The summed E-state index contributed by atoms with van der Waals surface area (Å²) in [6, 6.07) is 1.16. The van der Waals surface area contributed by atoms with Gasteiger partial charge >= 0.3 is 0 Å². The van der Waals surface area contributed by atoms with E-state index >= 15 is 4.39 Å². The molecule has 3 heterocycles. The van der Waals surface area contributed by atoms with Gasteiger partial charge in [-0.05, 0) is 31.7 Å². The Morgan fingerprint density at radius 1 is 1.29 bits per heavy atom. The number of halogens is 2. The van der Waals surface area contributed by atoms with Crippen LogP contribution in [-0.2, 0) is 4.74 Å². The van der Waals surface area contributed by atoms with Gasteiger partial charge in [0.2, 0.25) is 0 Å². The number of rotatable bonds is 1. The molecule has 0 aromatic heterocycles. The number of fused-ring (bicyclic) bond motifs is 2. The fourth-order valence-electron chi connectivity index (χ4n) is 3.44. The van der Waals surface area contributed by atoms with Crippen LogP contribution in [0.1, 0.15) is 24.2 Å². The van der Waals surface area contributed by atoms with E-state index in [1.807, 2.05) is 13.8 Å². The second-order valence-electron chi connectivity index (χ2n) is 6.28. The molecule has 0 saturated carbocycles. The number of thioether (sulfide) groups is 1. The molecule has 1 aromatic rings. The molecule has 128 valence electrons. The van der Waals surface area contributed by atoms with Crippen molar-refractivity contribution in [2.24, 2.45) is 4.99 Å². The molecule has 2 atom stereocenters. The molecule has 1 saturated heterocycles. The highest BCUT2D eigenvalue weighted by atomic mass is 32.2. The molecule has 1 fully saturated rings. The number of amidine groups is 1. The van der Waals surface area contributed by atoms with Crippen LogP contribution in [0.15, 0.2) is 16.0 Å². The summed E-state index contributed by atoms with van der Waals surface area (Å²) in [6.07, 6.45) is -0.236. The van der Waals surface area contributed by atoms with Gasteiger partial charge in [-0.2, -0.15) is 0 Å². The Morgan fingerprint density at radius 3 is 2.71 bits per heavy atom. The van der Waals surface area contributed by atoms with Crippen LogP contribution in [0.5, 0.6) is 0 Å². The van der Waals surface area contributed by atoms with E-state index in [0.29, 0.717) is 31.3 Å². The second kappa shape index (κ2) is 5.70. The number of anilines is 1. The van der Waals surface area contributed by atoms with E-state index in [1.54, 1.807) is 4.90 Å². The summed E-state index contributed by atoms with van der Waals surface area (Å²) in [5.41, 5.74) is -0.00273. The predicted molar refractivity (Wildman–Crippen MR) is 87.8 cm³/mol. The molecule has 2 unspecified atom stereocenters. The first-order valence-electron chi connectivity index (χ1n) is 7.92. The minimum Gasteiger partial charge on any atom is -0.372 e. The summed E-state index contributed by atoms with van der Waals surface area (Å²) in [5, 5.41) is 0.493. The van der Waals surface area contributed by atoms with Crippen molar-refractivity contribution in [2.75, 3.05) is 31.1 Å². The van der Waals surface area contributed by atoms with Crippen molar-refractivity contribution in [3.63, 3.8) is 0 Å². The number of nitrogens with zero attached hydrogens (tertiary/aromatic N) is 3. The standard InChI is InChI=1S/C16H17F2N3O2S/c1-8-6-20(7-9(2)23-8)13-11(17)5-10-14(12(13)18)24-16-19-3-4-21(16)15(10)22/h5,8-9H,3-4,6-7H2,1-2H3. The highest BCUT2D eigenvalue weighted by Gasteiger charge is 2.38. The van der Waals surface area contributed by atoms with Crippen molar-refractivity contribution in [1.29, 1.82) is 0 Å². The lowest BCUT2D eigenvalue weighted by atomic mass is 10.1. The van der Waals surface area contributed by atoms with Gasteiger partial charge in [0, 0.05) is 19.6 Å². The first-order valence-corrected chi connectivity index (χ1v) is 8.74. The zero-order valence-electron chi connectivity index (χ0n) is 13.4. The molecule has 1 aromatic carbocycles. The van der Waals surface area contributed by atoms with E-state index in [2.05, 4.69) is 4.99 Å².